The minimum atomic E-state index is -0.606. The van der Waals surface area contributed by atoms with Gasteiger partial charge < -0.3 is 5.11 Å². The third kappa shape index (κ3) is 4.38. The molecule has 0 heterocycles. The topological polar surface area (TPSA) is 32.3 Å². The molecule has 2 nitrogen and oxygen atoms in total. The van der Waals surface area contributed by atoms with Crippen LogP contribution in [0.5, 0.6) is 0 Å². The van der Waals surface area contributed by atoms with Crippen LogP contribution in [0.15, 0.2) is 0 Å². The van der Waals surface area contributed by atoms with Crippen molar-refractivity contribution in [2.45, 2.75) is 52.2 Å². The second-order valence-corrected chi connectivity index (χ2v) is 3.06. The van der Waals surface area contributed by atoms with Gasteiger partial charge in [-0.05, 0) is 25.8 Å². The Bertz CT molecular complexity index is 95.6. The third-order valence-corrected chi connectivity index (χ3v) is 1.95. The molecule has 0 rings (SSSR count). The van der Waals surface area contributed by atoms with E-state index in [9.17, 15) is 5.11 Å². The van der Waals surface area contributed by atoms with E-state index in [1.807, 2.05) is 6.92 Å². The lowest BCUT2D eigenvalue weighted by molar-refractivity contribution is -0.00693. The zero-order valence-electron chi connectivity index (χ0n) is 7.98. The van der Waals surface area contributed by atoms with E-state index in [1.54, 1.807) is 0 Å². The Kier molecular flexibility index (Phi) is 5.51. The lowest BCUT2D eigenvalue weighted by Gasteiger charge is -2.27. The molecule has 2 heteroatoms. The van der Waals surface area contributed by atoms with Crippen LogP contribution in [0.3, 0.4) is 0 Å². The van der Waals surface area contributed by atoms with Crippen molar-refractivity contribution < 1.29 is 5.11 Å². The van der Waals surface area contributed by atoms with Crippen molar-refractivity contribution in [1.29, 1.82) is 0 Å². The molecule has 0 saturated carbocycles. The molecular weight excluding hydrogens is 138 g/mol. The van der Waals surface area contributed by atoms with Crippen LogP contribution in [0.1, 0.15) is 46.5 Å². The van der Waals surface area contributed by atoms with Crippen molar-refractivity contribution in [3.8, 4) is 0 Å². The molecule has 11 heavy (non-hydrogen) atoms. The molecule has 0 aromatic carbocycles. The van der Waals surface area contributed by atoms with E-state index in [0.29, 0.717) is 0 Å². The van der Waals surface area contributed by atoms with Crippen molar-refractivity contribution in [2.75, 3.05) is 6.54 Å². The summed E-state index contributed by atoms with van der Waals surface area (Å²) in [5.41, 5.74) is -0.606. The molecular formula is C9H21NO. The minimum absolute atomic E-state index is 0.606. The van der Waals surface area contributed by atoms with Gasteiger partial charge >= 0.3 is 0 Å². The largest absolute Gasteiger partial charge is 0.376 e. The van der Waals surface area contributed by atoms with Gasteiger partial charge in [0.25, 0.3) is 0 Å². The molecule has 2 N–H and O–H groups in total. The van der Waals surface area contributed by atoms with Gasteiger partial charge in [0.1, 0.15) is 5.72 Å². The first kappa shape index (κ1) is 10.9. The molecule has 0 aliphatic carbocycles. The van der Waals surface area contributed by atoms with E-state index in [1.165, 1.54) is 0 Å². The lowest BCUT2D eigenvalue weighted by atomic mass is 10.1. The fraction of sp³-hybridized carbons (Fsp3) is 1.00. The van der Waals surface area contributed by atoms with Gasteiger partial charge in [0, 0.05) is 0 Å². The Hall–Kier alpha value is -0.0800. The zero-order valence-corrected chi connectivity index (χ0v) is 7.98. The Labute approximate surface area is 70.0 Å². The molecule has 0 saturated heterocycles. The van der Waals surface area contributed by atoms with Gasteiger partial charge in [-0.2, -0.15) is 0 Å². The summed E-state index contributed by atoms with van der Waals surface area (Å²) in [6.07, 6.45) is 3.75. The number of hydrogen-bond acceptors (Lipinski definition) is 2. The van der Waals surface area contributed by atoms with Crippen LogP contribution >= 0.6 is 0 Å². The monoisotopic (exact) mass is 159 g/mol. The summed E-state index contributed by atoms with van der Waals surface area (Å²) in [6, 6.07) is 0. The van der Waals surface area contributed by atoms with E-state index in [2.05, 4.69) is 19.2 Å². The highest BCUT2D eigenvalue weighted by Gasteiger charge is 2.21. The first-order chi connectivity index (χ1) is 5.18. The van der Waals surface area contributed by atoms with Gasteiger partial charge in [-0.3, -0.25) is 5.32 Å². The highest BCUT2D eigenvalue weighted by atomic mass is 16.3. The lowest BCUT2D eigenvalue weighted by Crippen LogP contribution is -2.44. The molecule has 68 valence electrons. The van der Waals surface area contributed by atoms with Crippen LogP contribution < -0.4 is 5.32 Å². The maximum Gasteiger partial charge on any atom is 0.115 e. The van der Waals surface area contributed by atoms with E-state index in [-0.39, 0.29) is 0 Å². The van der Waals surface area contributed by atoms with Gasteiger partial charge in [0.2, 0.25) is 0 Å². The van der Waals surface area contributed by atoms with Gasteiger partial charge in [0.05, 0.1) is 0 Å². The minimum Gasteiger partial charge on any atom is -0.376 e. The maximum atomic E-state index is 9.84. The zero-order chi connectivity index (χ0) is 8.74. The molecule has 0 radical (unpaired) electrons. The van der Waals surface area contributed by atoms with Crippen molar-refractivity contribution in [3.05, 3.63) is 0 Å². The summed E-state index contributed by atoms with van der Waals surface area (Å²) in [6.45, 7) is 7.12. The molecule has 1 unspecified atom stereocenters. The summed E-state index contributed by atoms with van der Waals surface area (Å²) < 4.78 is 0. The Morgan fingerprint density at radius 2 is 1.82 bits per heavy atom. The molecule has 1 atom stereocenters. The maximum absolute atomic E-state index is 9.84. The van der Waals surface area contributed by atoms with E-state index in [4.69, 9.17) is 0 Å². The fourth-order valence-corrected chi connectivity index (χ4v) is 1.16. The summed E-state index contributed by atoms with van der Waals surface area (Å²) in [5, 5.41) is 13.0. The molecule has 0 fully saturated rings. The standard InChI is InChI=1S/C9H21NO/c1-4-7-9(11,6-3)10-8-5-2/h10-11H,4-8H2,1-3H3. The highest BCUT2D eigenvalue weighted by molar-refractivity contribution is 4.72. The second-order valence-electron chi connectivity index (χ2n) is 3.06. The molecule has 0 aromatic heterocycles. The SMILES string of the molecule is CCCNC(O)(CC)CCC. The average molecular weight is 159 g/mol. The Balaban J connectivity index is 3.68. The first-order valence-electron chi connectivity index (χ1n) is 4.66. The molecule has 0 amide bonds. The first-order valence-corrected chi connectivity index (χ1v) is 4.66. The van der Waals surface area contributed by atoms with Crippen LogP contribution in [0.2, 0.25) is 0 Å². The van der Waals surface area contributed by atoms with Crippen molar-refractivity contribution in [1.82, 2.24) is 5.32 Å². The highest BCUT2D eigenvalue weighted by Crippen LogP contribution is 2.12. The molecule has 0 bridgehead atoms. The third-order valence-electron chi connectivity index (χ3n) is 1.95. The molecule has 0 aromatic rings. The smallest absolute Gasteiger partial charge is 0.115 e. The van der Waals surface area contributed by atoms with E-state index >= 15 is 0 Å². The molecule has 0 aliphatic rings. The Morgan fingerprint density at radius 3 is 2.18 bits per heavy atom. The van der Waals surface area contributed by atoms with Crippen LogP contribution in [0, 0.1) is 0 Å². The predicted molar refractivity (Wildman–Crippen MR) is 48.4 cm³/mol. The number of nitrogens with one attached hydrogen (secondary N) is 1. The molecule has 0 aliphatic heterocycles. The van der Waals surface area contributed by atoms with Crippen LogP contribution in [0.4, 0.5) is 0 Å². The normalized spacial score (nSPS) is 16.4. The van der Waals surface area contributed by atoms with Crippen LogP contribution in [-0.4, -0.2) is 17.4 Å². The number of hydrogen-bond donors (Lipinski definition) is 2. The van der Waals surface area contributed by atoms with Gasteiger partial charge in [-0.25, -0.2) is 0 Å². The van der Waals surface area contributed by atoms with Gasteiger partial charge in [-0.1, -0.05) is 27.2 Å². The summed E-state index contributed by atoms with van der Waals surface area (Å²) in [4.78, 5) is 0. The molecule has 0 spiro atoms. The van der Waals surface area contributed by atoms with Gasteiger partial charge in [0.15, 0.2) is 0 Å². The second kappa shape index (κ2) is 5.56. The van der Waals surface area contributed by atoms with E-state index < -0.39 is 5.72 Å². The Morgan fingerprint density at radius 1 is 1.18 bits per heavy atom. The van der Waals surface area contributed by atoms with Gasteiger partial charge in [-0.15, -0.1) is 0 Å². The predicted octanol–water partition coefficient (Wildman–Crippen LogP) is 1.88. The van der Waals surface area contributed by atoms with Crippen molar-refractivity contribution in [3.63, 3.8) is 0 Å². The summed E-state index contributed by atoms with van der Waals surface area (Å²) in [7, 11) is 0. The fourth-order valence-electron chi connectivity index (χ4n) is 1.16. The summed E-state index contributed by atoms with van der Waals surface area (Å²) in [5.74, 6) is 0. The van der Waals surface area contributed by atoms with Crippen molar-refractivity contribution >= 4 is 0 Å². The van der Waals surface area contributed by atoms with Crippen LogP contribution in [-0.2, 0) is 0 Å². The quantitative estimate of drug-likeness (QED) is 0.580. The average Bonchev–Trinajstić information content (AvgIpc) is 2.02. The van der Waals surface area contributed by atoms with Crippen molar-refractivity contribution in [2.24, 2.45) is 0 Å². The number of aliphatic hydroxyl groups is 1. The van der Waals surface area contributed by atoms with E-state index in [0.717, 1.165) is 32.2 Å². The summed E-state index contributed by atoms with van der Waals surface area (Å²) >= 11 is 0. The van der Waals surface area contributed by atoms with Crippen LogP contribution in [0.25, 0.3) is 0 Å². The number of rotatable bonds is 6.